The number of aromatic nitrogens is 3. The van der Waals surface area contributed by atoms with Gasteiger partial charge in [-0.1, -0.05) is 30.3 Å². The summed E-state index contributed by atoms with van der Waals surface area (Å²) in [7, 11) is 0. The highest BCUT2D eigenvalue weighted by atomic mass is 16.3. The minimum atomic E-state index is -0.401. The van der Waals surface area contributed by atoms with Gasteiger partial charge in [-0.05, 0) is 5.56 Å². The second-order valence-electron chi connectivity index (χ2n) is 3.81. The number of rotatable bonds is 5. The Morgan fingerprint density at radius 3 is 2.78 bits per heavy atom. The number of aliphatic hydroxyl groups excluding tert-OH is 1. The van der Waals surface area contributed by atoms with Crippen LogP contribution in [0.15, 0.2) is 43.0 Å². The second kappa shape index (κ2) is 5.92. The summed E-state index contributed by atoms with van der Waals surface area (Å²) in [5, 5.41) is 15.9. The molecule has 0 aliphatic carbocycles. The minimum absolute atomic E-state index is 0.0866. The van der Waals surface area contributed by atoms with Gasteiger partial charge in [-0.15, -0.1) is 0 Å². The van der Waals surface area contributed by atoms with Gasteiger partial charge in [-0.25, -0.2) is 9.67 Å². The van der Waals surface area contributed by atoms with Gasteiger partial charge in [-0.2, -0.15) is 5.10 Å². The summed E-state index contributed by atoms with van der Waals surface area (Å²) in [5.74, 6) is -0.219. The van der Waals surface area contributed by atoms with Crippen molar-refractivity contribution in [1.29, 1.82) is 0 Å². The smallest absolute Gasteiger partial charge is 0.242 e. The number of benzene rings is 1. The molecule has 2 rings (SSSR count). The lowest BCUT2D eigenvalue weighted by atomic mass is 10.1. The van der Waals surface area contributed by atoms with Crippen molar-refractivity contribution >= 4 is 5.91 Å². The number of nitrogens with one attached hydrogen (secondary N) is 1. The van der Waals surface area contributed by atoms with Crippen LogP contribution in [0.5, 0.6) is 0 Å². The van der Waals surface area contributed by atoms with Gasteiger partial charge in [0.2, 0.25) is 5.91 Å². The molecule has 94 valence electrons. The maximum absolute atomic E-state index is 11.7. The fraction of sp³-hybridized carbons (Fsp3) is 0.250. The predicted molar refractivity (Wildman–Crippen MR) is 64.4 cm³/mol. The van der Waals surface area contributed by atoms with Crippen molar-refractivity contribution in [1.82, 2.24) is 20.1 Å². The second-order valence-corrected chi connectivity index (χ2v) is 3.81. The van der Waals surface area contributed by atoms with Crippen LogP contribution in [0.3, 0.4) is 0 Å². The third kappa shape index (κ3) is 3.14. The Kier molecular flexibility index (Phi) is 4.03. The van der Waals surface area contributed by atoms with Crippen LogP contribution < -0.4 is 5.32 Å². The van der Waals surface area contributed by atoms with Crippen LogP contribution in [0, 0.1) is 0 Å². The molecular formula is C12H14N4O2. The highest BCUT2D eigenvalue weighted by molar-refractivity contribution is 5.76. The van der Waals surface area contributed by atoms with Crippen molar-refractivity contribution in [3.63, 3.8) is 0 Å². The maximum atomic E-state index is 11.7. The number of aliphatic hydroxyl groups is 1. The number of carbonyl (C=O) groups is 1. The van der Waals surface area contributed by atoms with Gasteiger partial charge >= 0.3 is 0 Å². The van der Waals surface area contributed by atoms with Crippen LogP contribution in [-0.4, -0.2) is 32.4 Å². The lowest BCUT2D eigenvalue weighted by Gasteiger charge is -2.16. The number of hydrogen-bond donors (Lipinski definition) is 2. The first-order valence-corrected chi connectivity index (χ1v) is 5.57. The summed E-state index contributed by atoms with van der Waals surface area (Å²) in [5.41, 5.74) is 0.868. The number of nitrogens with zero attached hydrogens (tertiary/aromatic N) is 3. The Hall–Kier alpha value is -2.21. The summed E-state index contributed by atoms with van der Waals surface area (Å²) in [4.78, 5) is 15.5. The van der Waals surface area contributed by atoms with E-state index in [4.69, 9.17) is 0 Å². The number of hydrogen-bond acceptors (Lipinski definition) is 4. The van der Waals surface area contributed by atoms with E-state index in [0.29, 0.717) is 0 Å². The van der Waals surface area contributed by atoms with Gasteiger partial charge in [0.1, 0.15) is 19.2 Å². The Balaban J connectivity index is 1.96. The zero-order chi connectivity index (χ0) is 12.8. The molecule has 0 bridgehead atoms. The molecule has 6 heteroatoms. The molecule has 1 unspecified atom stereocenters. The first kappa shape index (κ1) is 12.3. The summed E-state index contributed by atoms with van der Waals surface area (Å²) in [6.45, 7) is -0.0591. The molecule has 0 saturated heterocycles. The fourth-order valence-corrected chi connectivity index (χ4v) is 1.62. The van der Waals surface area contributed by atoms with Crippen LogP contribution >= 0.6 is 0 Å². The van der Waals surface area contributed by atoms with E-state index < -0.39 is 6.04 Å². The SMILES string of the molecule is O=C(Cn1cncn1)NC(CO)c1ccccc1. The van der Waals surface area contributed by atoms with Gasteiger partial charge in [0, 0.05) is 0 Å². The van der Waals surface area contributed by atoms with E-state index in [0.717, 1.165) is 5.56 Å². The largest absolute Gasteiger partial charge is 0.394 e. The third-order valence-electron chi connectivity index (χ3n) is 2.49. The van der Waals surface area contributed by atoms with Crippen molar-refractivity contribution in [2.24, 2.45) is 0 Å². The minimum Gasteiger partial charge on any atom is -0.394 e. The molecule has 2 aromatic rings. The number of amides is 1. The van der Waals surface area contributed by atoms with Crippen molar-refractivity contribution in [3.05, 3.63) is 48.5 Å². The third-order valence-corrected chi connectivity index (χ3v) is 2.49. The lowest BCUT2D eigenvalue weighted by molar-refractivity contribution is -0.122. The molecule has 1 amide bonds. The summed E-state index contributed by atoms with van der Waals surface area (Å²) >= 11 is 0. The molecule has 1 atom stereocenters. The molecule has 0 saturated carbocycles. The molecule has 6 nitrogen and oxygen atoms in total. The van der Waals surface area contributed by atoms with Crippen LogP contribution in [-0.2, 0) is 11.3 Å². The molecule has 0 aliphatic heterocycles. The normalized spacial score (nSPS) is 12.1. The van der Waals surface area contributed by atoms with E-state index in [1.807, 2.05) is 30.3 Å². The summed E-state index contributed by atoms with van der Waals surface area (Å²) in [6, 6.07) is 8.92. The molecule has 18 heavy (non-hydrogen) atoms. The van der Waals surface area contributed by atoms with Crippen molar-refractivity contribution in [2.45, 2.75) is 12.6 Å². The first-order chi connectivity index (χ1) is 8.79. The highest BCUT2D eigenvalue weighted by Gasteiger charge is 2.13. The van der Waals surface area contributed by atoms with Gasteiger partial charge in [0.15, 0.2) is 0 Å². The van der Waals surface area contributed by atoms with Gasteiger partial charge in [-0.3, -0.25) is 4.79 Å². The molecule has 1 heterocycles. The Morgan fingerprint density at radius 2 is 2.17 bits per heavy atom. The predicted octanol–water partition coefficient (Wildman–Crippen LogP) is 0.128. The average molecular weight is 246 g/mol. The first-order valence-electron chi connectivity index (χ1n) is 5.57. The van der Waals surface area contributed by atoms with Gasteiger partial charge in [0.25, 0.3) is 0 Å². The van der Waals surface area contributed by atoms with E-state index in [9.17, 15) is 9.90 Å². The molecule has 0 radical (unpaired) electrons. The Morgan fingerprint density at radius 1 is 1.39 bits per heavy atom. The van der Waals surface area contributed by atoms with E-state index in [2.05, 4.69) is 15.4 Å². The van der Waals surface area contributed by atoms with Gasteiger partial charge in [0.05, 0.1) is 12.6 Å². The quantitative estimate of drug-likeness (QED) is 0.785. The van der Waals surface area contributed by atoms with E-state index in [1.54, 1.807) is 0 Å². The zero-order valence-electron chi connectivity index (χ0n) is 9.73. The molecule has 0 aliphatic rings. The zero-order valence-corrected chi connectivity index (χ0v) is 9.73. The van der Waals surface area contributed by atoms with Crippen LogP contribution in [0.2, 0.25) is 0 Å². The fourth-order valence-electron chi connectivity index (χ4n) is 1.62. The molecule has 0 spiro atoms. The molecular weight excluding hydrogens is 232 g/mol. The Bertz CT molecular complexity index is 484. The summed E-state index contributed by atoms with van der Waals surface area (Å²) < 4.78 is 1.43. The maximum Gasteiger partial charge on any atom is 0.242 e. The monoisotopic (exact) mass is 246 g/mol. The van der Waals surface area contributed by atoms with Crippen molar-refractivity contribution in [3.8, 4) is 0 Å². The average Bonchev–Trinajstić information content (AvgIpc) is 2.90. The van der Waals surface area contributed by atoms with E-state index in [-0.39, 0.29) is 19.1 Å². The van der Waals surface area contributed by atoms with E-state index >= 15 is 0 Å². The van der Waals surface area contributed by atoms with Crippen LogP contribution in [0.4, 0.5) is 0 Å². The van der Waals surface area contributed by atoms with Gasteiger partial charge < -0.3 is 10.4 Å². The van der Waals surface area contributed by atoms with Crippen molar-refractivity contribution < 1.29 is 9.90 Å². The van der Waals surface area contributed by atoms with E-state index in [1.165, 1.54) is 17.3 Å². The lowest BCUT2D eigenvalue weighted by Crippen LogP contribution is -2.33. The molecule has 2 N–H and O–H groups in total. The van der Waals surface area contributed by atoms with Crippen LogP contribution in [0.1, 0.15) is 11.6 Å². The molecule has 1 aromatic carbocycles. The Labute approximate surface area is 104 Å². The van der Waals surface area contributed by atoms with Crippen LogP contribution in [0.25, 0.3) is 0 Å². The number of carbonyl (C=O) groups excluding carboxylic acids is 1. The molecule has 1 aromatic heterocycles. The van der Waals surface area contributed by atoms with Crippen molar-refractivity contribution in [2.75, 3.05) is 6.61 Å². The summed E-state index contributed by atoms with van der Waals surface area (Å²) in [6.07, 6.45) is 2.84. The topological polar surface area (TPSA) is 80.0 Å². The standard InChI is InChI=1S/C12H14N4O2/c17-7-11(10-4-2-1-3-5-10)15-12(18)6-16-9-13-8-14-16/h1-5,8-9,11,17H,6-7H2,(H,15,18). The molecule has 0 fully saturated rings. The highest BCUT2D eigenvalue weighted by Crippen LogP contribution is 2.11.